The number of rotatable bonds is 13. The van der Waals surface area contributed by atoms with E-state index in [1.807, 2.05) is 30.3 Å². The van der Waals surface area contributed by atoms with E-state index in [0.717, 1.165) is 49.5 Å². The molecule has 5 nitrogen and oxygen atoms in total. The number of piperidine rings is 1. The Morgan fingerprint density at radius 2 is 1.68 bits per heavy atom. The van der Waals surface area contributed by atoms with E-state index in [-0.39, 0.29) is 57.9 Å². The van der Waals surface area contributed by atoms with Gasteiger partial charge in [0.1, 0.15) is 0 Å². The van der Waals surface area contributed by atoms with E-state index in [9.17, 15) is 4.79 Å². The molecule has 0 N–H and O–H groups in total. The van der Waals surface area contributed by atoms with Crippen LogP contribution in [0.25, 0.3) is 0 Å². The van der Waals surface area contributed by atoms with Crippen LogP contribution in [0.2, 0.25) is 5.02 Å². The van der Waals surface area contributed by atoms with Crippen molar-refractivity contribution in [2.24, 2.45) is 5.92 Å². The minimum absolute atomic E-state index is 0. The van der Waals surface area contributed by atoms with Gasteiger partial charge in [0.25, 0.3) is 0 Å². The molecule has 2 aliphatic rings. The molecule has 0 aromatic heterocycles. The maximum Gasteiger partial charge on any atom is 0.309 e. The molecule has 221 valence electrons. The fourth-order valence-corrected chi connectivity index (χ4v) is 5.72. The van der Waals surface area contributed by atoms with Gasteiger partial charge in [-0.15, -0.1) is 0 Å². The van der Waals surface area contributed by atoms with E-state index >= 15 is 0 Å². The number of likely N-dealkylation sites (N-methyl/N-ethyl adjacent to an activating group) is 1. The first kappa shape index (κ1) is 37.6. The molecule has 2 saturated heterocycles. The molecule has 4 atom stereocenters. The Kier molecular flexibility index (Phi) is 20.0. The number of fused-ring (bicyclic) bond motifs is 2. The third-order valence-electron chi connectivity index (χ3n) is 7.45. The predicted molar refractivity (Wildman–Crippen MR) is 164 cm³/mol. The Morgan fingerprint density at radius 3 is 2.33 bits per heavy atom. The van der Waals surface area contributed by atoms with Crippen LogP contribution in [0.1, 0.15) is 49.1 Å². The first-order valence-corrected chi connectivity index (χ1v) is 14.8. The van der Waals surface area contributed by atoms with E-state index in [1.54, 1.807) is 0 Å². The van der Waals surface area contributed by atoms with Gasteiger partial charge in [-0.25, -0.2) is 0 Å². The molecular weight excluding hydrogens is 619 g/mol. The molecule has 0 amide bonds. The Hall–Kier alpha value is -0.466. The van der Waals surface area contributed by atoms with Gasteiger partial charge in [0.2, 0.25) is 0 Å². The van der Waals surface area contributed by atoms with Crippen molar-refractivity contribution in [2.75, 3.05) is 45.8 Å². The number of hydrogen-bond donors (Lipinski definition) is 1. The van der Waals surface area contributed by atoms with E-state index in [1.165, 1.54) is 17.5 Å². The second-order valence-electron chi connectivity index (χ2n) is 9.94. The molecule has 2 aliphatic heterocycles. The molecular formula is C32H46ClNO4SY-2. The summed E-state index contributed by atoms with van der Waals surface area (Å²) >= 11 is 10.1. The van der Waals surface area contributed by atoms with Crippen molar-refractivity contribution >= 4 is 30.2 Å². The Morgan fingerprint density at radius 1 is 1.00 bits per heavy atom. The molecule has 1 radical (unpaired) electrons. The summed E-state index contributed by atoms with van der Waals surface area (Å²) < 4.78 is 16.1. The minimum atomic E-state index is -0.0735. The van der Waals surface area contributed by atoms with Gasteiger partial charge < -0.3 is 28.6 Å². The van der Waals surface area contributed by atoms with Crippen molar-refractivity contribution < 1.29 is 51.7 Å². The molecule has 2 aromatic rings. The molecule has 8 heteroatoms. The van der Waals surface area contributed by atoms with Gasteiger partial charge in [-0.1, -0.05) is 60.5 Å². The molecule has 0 spiro atoms. The zero-order valence-electron chi connectivity index (χ0n) is 24.2. The van der Waals surface area contributed by atoms with E-state index in [4.69, 9.17) is 25.8 Å². The number of esters is 1. The molecule has 2 unspecified atom stereocenters. The minimum Gasteiger partial charge on any atom is -0.465 e. The molecule has 2 fully saturated rings. The molecule has 0 aliphatic carbocycles. The largest absolute Gasteiger partial charge is 0.465 e. The Balaban J connectivity index is 0.000000531. The topological polar surface area (TPSA) is 48.0 Å². The maximum absolute atomic E-state index is 13.0. The van der Waals surface area contributed by atoms with Crippen LogP contribution in [-0.2, 0) is 58.1 Å². The number of hydrogen-bond acceptors (Lipinski definition) is 6. The number of benzene rings is 2. The maximum atomic E-state index is 13.0. The number of thiol groups is 1. The number of carbonyl (C=O) groups excluding carboxylic acids is 1. The van der Waals surface area contributed by atoms with Gasteiger partial charge in [-0.3, -0.25) is 9.69 Å². The number of unbranched alkanes of at least 4 members (excludes halogenated alkanes) is 1. The summed E-state index contributed by atoms with van der Waals surface area (Å²) in [6.07, 6.45) is 5.92. The zero-order valence-corrected chi connectivity index (χ0v) is 28.7. The van der Waals surface area contributed by atoms with Crippen LogP contribution in [-0.4, -0.2) is 68.8 Å². The first-order valence-electron chi connectivity index (χ1n) is 13.8. The summed E-state index contributed by atoms with van der Waals surface area (Å²) in [5.41, 5.74) is 2.39. The van der Waals surface area contributed by atoms with Crippen LogP contribution >= 0.6 is 24.2 Å². The number of nitrogens with zero attached hydrogens (tertiary/aromatic N) is 1. The smallest absolute Gasteiger partial charge is 0.309 e. The Labute approximate surface area is 278 Å². The molecule has 4 rings (SSSR count). The van der Waals surface area contributed by atoms with Gasteiger partial charge >= 0.3 is 5.97 Å². The molecule has 2 aromatic carbocycles. The first-order chi connectivity index (χ1) is 18.5. The summed E-state index contributed by atoms with van der Waals surface area (Å²) in [5, 5.41) is 0.731. The SMILES string of the molecule is CN1[C@H]2CC[C@@H]1C(c1ccc(Cl)cc1)C(C(=O)OCCc1ccccc1)C2.[CH2-]CCCOCCOCCS.[CH3-].[Y]. The number of ether oxygens (including phenoxy) is 3. The van der Waals surface area contributed by atoms with Crippen LogP contribution in [0.3, 0.4) is 0 Å². The number of carbonyl (C=O) groups is 1. The van der Waals surface area contributed by atoms with Crippen LogP contribution in [0.4, 0.5) is 0 Å². The van der Waals surface area contributed by atoms with Gasteiger partial charge in [-0.05, 0) is 49.6 Å². The summed E-state index contributed by atoms with van der Waals surface area (Å²) in [6, 6.07) is 19.1. The van der Waals surface area contributed by atoms with Gasteiger partial charge in [0.15, 0.2) is 0 Å². The predicted octanol–water partition coefficient (Wildman–Crippen LogP) is 6.70. The van der Waals surface area contributed by atoms with Crippen molar-refractivity contribution in [1.82, 2.24) is 4.90 Å². The summed E-state index contributed by atoms with van der Waals surface area (Å²) in [7, 11) is 2.20. The number of halogens is 1. The fraction of sp³-hybridized carbons (Fsp3) is 0.531. The van der Waals surface area contributed by atoms with Crippen molar-refractivity contribution in [3.63, 3.8) is 0 Å². The molecule has 40 heavy (non-hydrogen) atoms. The molecule has 0 saturated carbocycles. The third-order valence-corrected chi connectivity index (χ3v) is 7.89. The second kappa shape index (κ2) is 21.3. The molecule has 2 heterocycles. The second-order valence-corrected chi connectivity index (χ2v) is 10.8. The average Bonchev–Trinajstić information content (AvgIpc) is 3.16. The van der Waals surface area contributed by atoms with Gasteiger partial charge in [0, 0.05) is 74.5 Å². The van der Waals surface area contributed by atoms with Crippen molar-refractivity contribution in [3.05, 3.63) is 85.1 Å². The summed E-state index contributed by atoms with van der Waals surface area (Å²) in [5.74, 6) is 0.834. The third kappa shape index (κ3) is 12.0. The standard InChI is InChI=1S/C23H26ClNO2.C8H17O2S.CH3.Y/c1-25-19-11-12-21(25)22(17-7-9-18(24)10-8-17)20(15-19)23(26)27-14-13-16-5-3-2-4-6-16;1-2-3-4-9-5-6-10-7-8-11;;/h2-10,19-22H,11-15H2,1H3;11H,1-8H2;1H3;/q;2*-1;/t19-,20?,21+,22?;;;/m0.../s1. The van der Waals surface area contributed by atoms with Crippen molar-refractivity contribution in [3.8, 4) is 0 Å². The van der Waals surface area contributed by atoms with Gasteiger partial charge in [0.05, 0.1) is 32.3 Å². The fourth-order valence-electron chi connectivity index (χ4n) is 5.46. The van der Waals surface area contributed by atoms with Crippen LogP contribution in [0.15, 0.2) is 54.6 Å². The van der Waals surface area contributed by atoms with Crippen LogP contribution < -0.4 is 0 Å². The zero-order chi connectivity index (χ0) is 27.2. The summed E-state index contributed by atoms with van der Waals surface area (Å²) in [4.78, 5) is 15.5. The quantitative estimate of drug-likeness (QED) is 0.112. The van der Waals surface area contributed by atoms with Crippen molar-refractivity contribution in [1.29, 1.82) is 0 Å². The molecule has 2 bridgehead atoms. The van der Waals surface area contributed by atoms with E-state index in [0.29, 0.717) is 38.5 Å². The van der Waals surface area contributed by atoms with Crippen LogP contribution in [0.5, 0.6) is 0 Å². The normalized spacial score (nSPS) is 21.4. The average molecular weight is 665 g/mol. The monoisotopic (exact) mass is 664 g/mol. The van der Waals surface area contributed by atoms with E-state index in [2.05, 4.69) is 55.8 Å². The van der Waals surface area contributed by atoms with Gasteiger partial charge in [-0.2, -0.15) is 19.0 Å². The Bertz CT molecular complexity index is 928. The van der Waals surface area contributed by atoms with Crippen LogP contribution in [0, 0.1) is 20.3 Å². The van der Waals surface area contributed by atoms with Crippen molar-refractivity contribution in [2.45, 2.75) is 56.5 Å². The van der Waals surface area contributed by atoms with E-state index < -0.39 is 0 Å². The summed E-state index contributed by atoms with van der Waals surface area (Å²) in [6.45, 7) is 7.03.